The van der Waals surface area contributed by atoms with E-state index in [-0.39, 0.29) is 38.6 Å². The van der Waals surface area contributed by atoms with Gasteiger partial charge in [0.05, 0.1) is 40.3 Å². The van der Waals surface area contributed by atoms with Gasteiger partial charge in [-0.3, -0.25) is 9.59 Å². The van der Waals surface area contributed by atoms with Crippen LogP contribution < -0.4 is 5.11 Å². The summed E-state index contributed by atoms with van der Waals surface area (Å²) in [6.45, 7) is 4.62. The highest BCUT2D eigenvalue weighted by Gasteiger charge is 2.22. The Morgan fingerprint density at radius 1 is 0.373 bits per heavy atom. The van der Waals surface area contributed by atoms with E-state index >= 15 is 0 Å². The second-order valence-electron chi connectivity index (χ2n) is 24.1. The Bertz CT molecular complexity index is 1680. The molecule has 0 aliphatic rings. The lowest BCUT2D eigenvalue weighted by molar-refractivity contribution is -0.870. The van der Waals surface area contributed by atoms with Crippen molar-refractivity contribution in [2.24, 2.45) is 0 Å². The zero-order chi connectivity index (χ0) is 60.5. The van der Waals surface area contributed by atoms with Crippen molar-refractivity contribution in [2.75, 3.05) is 47.5 Å². The molecule has 0 aromatic heterocycles. The van der Waals surface area contributed by atoms with Gasteiger partial charge in [-0.1, -0.05) is 284 Å². The maximum atomic E-state index is 12.9. The predicted molar refractivity (Wildman–Crippen MR) is 352 cm³/mol. The average Bonchev–Trinajstić information content (AvgIpc) is 3.46. The van der Waals surface area contributed by atoms with Crippen LogP contribution in [0.1, 0.15) is 296 Å². The Morgan fingerprint density at radius 2 is 0.687 bits per heavy atom. The van der Waals surface area contributed by atoms with Crippen LogP contribution in [0.15, 0.2) is 97.2 Å². The lowest BCUT2D eigenvalue weighted by atomic mass is 10.0. The molecule has 0 saturated heterocycles. The number of likely N-dealkylation sites (N-methyl/N-ethyl adjacent to an activating group) is 1. The van der Waals surface area contributed by atoms with Gasteiger partial charge in [0.15, 0.2) is 12.4 Å². The Kier molecular flexibility index (Phi) is 61.3. The molecule has 9 heteroatoms. The van der Waals surface area contributed by atoms with E-state index in [2.05, 4.69) is 111 Å². The van der Waals surface area contributed by atoms with E-state index in [0.717, 1.165) is 83.5 Å². The third kappa shape index (κ3) is 65.6. The molecule has 0 aromatic rings. The highest BCUT2D eigenvalue weighted by Crippen LogP contribution is 2.17. The number of allylic oxidation sites excluding steroid dienone is 16. The fourth-order valence-corrected chi connectivity index (χ4v) is 9.57. The van der Waals surface area contributed by atoms with Crippen LogP contribution >= 0.6 is 0 Å². The normalized spacial score (nSPS) is 13.3. The first-order chi connectivity index (χ1) is 40.6. The number of hydrogen-bond acceptors (Lipinski definition) is 8. The van der Waals surface area contributed by atoms with Crippen molar-refractivity contribution >= 4 is 17.9 Å². The second kappa shape index (κ2) is 64.2. The molecule has 0 aliphatic carbocycles. The third-order valence-electron chi connectivity index (χ3n) is 14.8. The van der Waals surface area contributed by atoms with E-state index in [4.69, 9.17) is 18.9 Å². The number of carboxylic acids is 1. The summed E-state index contributed by atoms with van der Waals surface area (Å²) in [7, 11) is 5.91. The molecule has 0 heterocycles. The number of nitrogens with zero attached hydrogens (tertiary/aromatic N) is 1. The summed E-state index contributed by atoms with van der Waals surface area (Å²) in [5.74, 6) is -2.32. The number of ether oxygens (including phenoxy) is 4. The summed E-state index contributed by atoms with van der Waals surface area (Å²) in [5, 5.41) is 11.8. The van der Waals surface area contributed by atoms with Crippen molar-refractivity contribution in [3.05, 3.63) is 97.2 Å². The largest absolute Gasteiger partial charge is 0.545 e. The number of unbranched alkanes of at least 4 members (excludes halogenated alkanes) is 32. The molecule has 0 aromatic carbocycles. The zero-order valence-electron chi connectivity index (χ0n) is 54.5. The molecule has 0 amide bonds. The van der Waals surface area contributed by atoms with Gasteiger partial charge in [0.2, 0.25) is 0 Å². The first-order valence-electron chi connectivity index (χ1n) is 34.4. The number of esters is 2. The van der Waals surface area contributed by atoms with Crippen molar-refractivity contribution in [3.63, 3.8) is 0 Å². The van der Waals surface area contributed by atoms with Crippen molar-refractivity contribution in [1.29, 1.82) is 0 Å². The average molecular weight is 1160 g/mol. The van der Waals surface area contributed by atoms with Crippen LogP contribution in [0.2, 0.25) is 0 Å². The topological polar surface area (TPSA) is 111 Å². The molecule has 2 atom stereocenters. The van der Waals surface area contributed by atoms with Crippen molar-refractivity contribution < 1.29 is 42.9 Å². The summed E-state index contributed by atoms with van der Waals surface area (Å²) in [4.78, 5) is 37.4. The number of aliphatic carboxylic acids is 1. The highest BCUT2D eigenvalue weighted by atomic mass is 16.7. The summed E-state index contributed by atoms with van der Waals surface area (Å²) in [5.41, 5.74) is 0. The first kappa shape index (κ1) is 79.2. The highest BCUT2D eigenvalue weighted by molar-refractivity contribution is 5.70. The lowest BCUT2D eigenvalue weighted by Gasteiger charge is -2.26. The number of carbonyl (C=O) groups excluding carboxylic acids is 3. The van der Waals surface area contributed by atoms with Crippen LogP contribution in [-0.2, 0) is 33.3 Å². The monoisotopic (exact) mass is 1160 g/mol. The van der Waals surface area contributed by atoms with Gasteiger partial charge >= 0.3 is 11.9 Å². The van der Waals surface area contributed by atoms with Crippen molar-refractivity contribution in [2.45, 2.75) is 309 Å². The van der Waals surface area contributed by atoms with Crippen LogP contribution in [0.4, 0.5) is 0 Å². The standard InChI is InChI=1S/C74H129NO8/c1-6-8-10-12-14-16-18-20-22-24-26-28-30-32-33-34-35-36-37-38-39-41-42-44-46-48-50-52-54-56-58-60-62-64-71(76)81-68-70(69-82-74(73(78)79)80-67-66-75(3,4)5)83-72(77)65-63-61-59-57-55-53-51-49-47-45-43-40-31-29-27-25-23-21-19-17-15-13-11-9-7-2/h9,11,15,17,21,23-24,26-27,29,40,43,47,49,53,55,70,74H,6-8,10,12-14,16,18-20,22,25,28,30-39,41-42,44-46,48,50-52,54,56-69H2,1-5H3/b11-9-,17-15-,23-21-,26-24-,29-27-,43-40-,49-47-,55-53-. The van der Waals surface area contributed by atoms with E-state index < -0.39 is 24.3 Å². The van der Waals surface area contributed by atoms with Crippen LogP contribution in [0, 0.1) is 0 Å². The van der Waals surface area contributed by atoms with E-state index in [1.807, 2.05) is 21.1 Å². The van der Waals surface area contributed by atoms with Gasteiger partial charge < -0.3 is 33.3 Å². The van der Waals surface area contributed by atoms with Crippen LogP contribution in [0.25, 0.3) is 0 Å². The zero-order valence-corrected chi connectivity index (χ0v) is 54.5. The number of quaternary nitrogens is 1. The minimum Gasteiger partial charge on any atom is -0.545 e. The van der Waals surface area contributed by atoms with E-state index in [9.17, 15) is 19.5 Å². The third-order valence-corrected chi connectivity index (χ3v) is 14.8. The van der Waals surface area contributed by atoms with E-state index in [0.29, 0.717) is 17.4 Å². The summed E-state index contributed by atoms with van der Waals surface area (Å²) < 4.78 is 22.7. The summed E-state index contributed by atoms with van der Waals surface area (Å²) >= 11 is 0. The molecule has 83 heavy (non-hydrogen) atoms. The molecule has 2 unspecified atom stereocenters. The Hall–Kier alpha value is -3.79. The maximum absolute atomic E-state index is 12.9. The summed E-state index contributed by atoms with van der Waals surface area (Å²) in [6, 6.07) is 0. The quantitative estimate of drug-likeness (QED) is 0.0195. The smallest absolute Gasteiger partial charge is 0.306 e. The molecule has 0 rings (SSSR count). The first-order valence-corrected chi connectivity index (χ1v) is 34.4. The molecular formula is C74H129NO8. The fourth-order valence-electron chi connectivity index (χ4n) is 9.57. The minimum atomic E-state index is -1.64. The molecule has 0 aliphatic heterocycles. The maximum Gasteiger partial charge on any atom is 0.306 e. The van der Waals surface area contributed by atoms with Gasteiger partial charge in [-0.15, -0.1) is 0 Å². The van der Waals surface area contributed by atoms with Gasteiger partial charge in [-0.05, 0) is 96.3 Å². The van der Waals surface area contributed by atoms with E-state index in [1.165, 1.54) is 180 Å². The Labute approximate surface area is 512 Å². The summed E-state index contributed by atoms with van der Waals surface area (Å²) in [6.07, 6.45) is 85.0. The minimum absolute atomic E-state index is 0.137. The number of hydrogen-bond donors (Lipinski definition) is 0. The van der Waals surface area contributed by atoms with Gasteiger partial charge in [-0.2, -0.15) is 0 Å². The second-order valence-corrected chi connectivity index (χ2v) is 24.1. The van der Waals surface area contributed by atoms with Gasteiger partial charge in [-0.25, -0.2) is 0 Å². The number of rotatable bonds is 63. The lowest BCUT2D eigenvalue weighted by Crippen LogP contribution is -2.44. The molecule has 0 saturated carbocycles. The van der Waals surface area contributed by atoms with Crippen molar-refractivity contribution in [1.82, 2.24) is 0 Å². The fraction of sp³-hybridized carbons (Fsp3) is 0.743. The van der Waals surface area contributed by atoms with Crippen molar-refractivity contribution in [3.8, 4) is 0 Å². The molecular weight excluding hydrogens is 1030 g/mol. The molecule has 0 spiro atoms. The molecule has 0 fully saturated rings. The van der Waals surface area contributed by atoms with Crippen LogP contribution in [0.5, 0.6) is 0 Å². The molecule has 0 radical (unpaired) electrons. The Balaban J connectivity index is 4.15. The molecule has 0 N–H and O–H groups in total. The van der Waals surface area contributed by atoms with E-state index in [1.54, 1.807) is 0 Å². The van der Waals surface area contributed by atoms with Crippen LogP contribution in [0.3, 0.4) is 0 Å². The molecule has 0 bridgehead atoms. The van der Waals surface area contributed by atoms with Gasteiger partial charge in [0.25, 0.3) is 0 Å². The number of carbonyl (C=O) groups is 3. The molecule has 478 valence electrons. The SMILES string of the molecule is CC/C=C\C/C=C\C/C=C\C/C=C\C/C=C\C/C=C\C/C=C\CCCCCC(=O)OC(COC(=O)CCCCCCCCCCCCCCCCCCCCCCC/C=C\CCCCCCCCCC)COC(OCC[N+](C)(C)C)C(=O)[O-]. The van der Waals surface area contributed by atoms with Crippen LogP contribution in [-0.4, -0.2) is 82.3 Å². The van der Waals surface area contributed by atoms with Gasteiger partial charge in [0.1, 0.15) is 13.2 Å². The molecule has 9 nitrogen and oxygen atoms in total. The van der Waals surface area contributed by atoms with Gasteiger partial charge in [0, 0.05) is 12.8 Å². The Morgan fingerprint density at radius 3 is 1.05 bits per heavy atom. The predicted octanol–water partition coefficient (Wildman–Crippen LogP) is 19.9. The number of carboxylic acid groups (broad SMARTS) is 1.